The van der Waals surface area contributed by atoms with Crippen molar-refractivity contribution in [1.29, 1.82) is 0 Å². The number of aromatic nitrogens is 2. The summed E-state index contributed by atoms with van der Waals surface area (Å²) in [5.41, 5.74) is 0.914. The van der Waals surface area contributed by atoms with Crippen molar-refractivity contribution in [2.75, 3.05) is 7.11 Å². The van der Waals surface area contributed by atoms with Crippen LogP contribution in [-0.4, -0.2) is 29.4 Å². The van der Waals surface area contributed by atoms with Crippen molar-refractivity contribution in [3.8, 4) is 5.75 Å². The molecule has 0 atom stereocenters. The second-order valence-electron chi connectivity index (χ2n) is 5.32. The molecule has 0 spiro atoms. The Morgan fingerprint density at radius 3 is 2.36 bits per heavy atom. The van der Waals surface area contributed by atoms with Gasteiger partial charge in [0.2, 0.25) is 10.0 Å². The topological polar surface area (TPSA) is 72.4 Å². The van der Waals surface area contributed by atoms with Crippen molar-refractivity contribution >= 4 is 21.6 Å². The number of nitrogens with zero attached hydrogens (tertiary/aromatic N) is 3. The average Bonchev–Trinajstić information content (AvgIpc) is 3.15. The fraction of sp³-hybridized carbons (Fsp3) is 0.176. The molecule has 25 heavy (non-hydrogen) atoms. The second kappa shape index (κ2) is 7.73. The van der Waals surface area contributed by atoms with Crippen LogP contribution in [0.5, 0.6) is 5.75 Å². The smallest absolute Gasteiger partial charge is 0.243 e. The third kappa shape index (κ3) is 4.22. The van der Waals surface area contributed by atoms with E-state index in [1.165, 1.54) is 15.8 Å². The molecule has 8 heteroatoms. The van der Waals surface area contributed by atoms with E-state index < -0.39 is 10.0 Å². The molecule has 0 aliphatic heterocycles. The largest absolute Gasteiger partial charge is 0.497 e. The molecule has 0 fully saturated rings. The lowest BCUT2D eigenvalue weighted by Gasteiger charge is -2.21. The Morgan fingerprint density at radius 2 is 1.76 bits per heavy atom. The lowest BCUT2D eigenvalue weighted by atomic mass is 10.2. The number of rotatable bonds is 7. The molecule has 0 aliphatic rings. The Morgan fingerprint density at radius 1 is 1.04 bits per heavy atom. The van der Waals surface area contributed by atoms with Crippen molar-refractivity contribution in [2.24, 2.45) is 0 Å². The Balaban J connectivity index is 1.93. The highest BCUT2D eigenvalue weighted by molar-refractivity contribution is 7.89. The fourth-order valence-electron chi connectivity index (χ4n) is 2.34. The van der Waals surface area contributed by atoms with Gasteiger partial charge in [0.25, 0.3) is 0 Å². The summed E-state index contributed by atoms with van der Waals surface area (Å²) in [4.78, 5) is 1.01. The number of benzene rings is 2. The quantitative estimate of drug-likeness (QED) is 0.635. The van der Waals surface area contributed by atoms with Crippen LogP contribution in [0.1, 0.15) is 10.4 Å². The van der Waals surface area contributed by atoms with Gasteiger partial charge in [0.05, 0.1) is 29.6 Å². The SMILES string of the molecule is COc1ccc(S(=O)(=O)N(Cc2ccccc2)Cc2cnns2)cc1. The van der Waals surface area contributed by atoms with Crippen LogP contribution in [0.3, 0.4) is 0 Å². The molecule has 3 rings (SSSR count). The maximum absolute atomic E-state index is 13.1. The second-order valence-corrected chi connectivity index (χ2v) is 8.13. The molecular weight excluding hydrogens is 358 g/mol. The number of sulfonamides is 1. The summed E-state index contributed by atoms with van der Waals surface area (Å²) < 4.78 is 36.6. The van der Waals surface area contributed by atoms with Crippen molar-refractivity contribution in [3.63, 3.8) is 0 Å². The molecule has 0 saturated carbocycles. The molecule has 0 N–H and O–H groups in total. The van der Waals surface area contributed by atoms with Crippen LogP contribution >= 0.6 is 11.5 Å². The summed E-state index contributed by atoms with van der Waals surface area (Å²) in [6, 6.07) is 15.9. The van der Waals surface area contributed by atoms with E-state index in [4.69, 9.17) is 4.74 Å². The first-order chi connectivity index (χ1) is 12.1. The van der Waals surface area contributed by atoms with Gasteiger partial charge in [-0.15, -0.1) is 5.10 Å². The average molecular weight is 375 g/mol. The first kappa shape index (κ1) is 17.5. The Bertz CT molecular complexity index is 896. The minimum atomic E-state index is -3.67. The summed E-state index contributed by atoms with van der Waals surface area (Å²) in [7, 11) is -2.13. The minimum absolute atomic E-state index is 0.223. The van der Waals surface area contributed by atoms with Gasteiger partial charge in [0.15, 0.2) is 0 Å². The highest BCUT2D eigenvalue weighted by Gasteiger charge is 2.25. The number of methoxy groups -OCH3 is 1. The first-order valence-electron chi connectivity index (χ1n) is 7.54. The van der Waals surface area contributed by atoms with Gasteiger partial charge in [-0.25, -0.2) is 8.42 Å². The molecule has 130 valence electrons. The van der Waals surface area contributed by atoms with Gasteiger partial charge < -0.3 is 4.74 Å². The molecule has 0 radical (unpaired) electrons. The fourth-order valence-corrected chi connectivity index (χ4v) is 4.34. The molecule has 0 aliphatic carbocycles. The first-order valence-corrected chi connectivity index (χ1v) is 9.75. The van der Waals surface area contributed by atoms with Crippen molar-refractivity contribution < 1.29 is 13.2 Å². The van der Waals surface area contributed by atoms with E-state index in [9.17, 15) is 8.42 Å². The molecule has 2 aromatic carbocycles. The van der Waals surface area contributed by atoms with E-state index in [2.05, 4.69) is 9.59 Å². The lowest BCUT2D eigenvalue weighted by Crippen LogP contribution is -2.30. The standard InChI is InChI=1S/C17H17N3O3S2/c1-23-15-7-9-17(10-8-15)25(21,22)20(13-16-11-18-19-24-16)12-14-5-3-2-4-6-14/h2-11H,12-13H2,1H3. The summed E-state index contributed by atoms with van der Waals surface area (Å²) >= 11 is 1.19. The highest BCUT2D eigenvalue weighted by Crippen LogP contribution is 2.23. The lowest BCUT2D eigenvalue weighted by molar-refractivity contribution is 0.402. The zero-order valence-corrected chi connectivity index (χ0v) is 15.2. The van der Waals surface area contributed by atoms with E-state index in [0.29, 0.717) is 5.75 Å². The summed E-state index contributed by atoms with van der Waals surface area (Å²) in [6.45, 7) is 0.494. The van der Waals surface area contributed by atoms with Crippen LogP contribution in [0.15, 0.2) is 65.7 Å². The van der Waals surface area contributed by atoms with Gasteiger partial charge in [0.1, 0.15) is 5.75 Å². The molecule has 0 bridgehead atoms. The summed E-state index contributed by atoms with van der Waals surface area (Å²) in [5.74, 6) is 0.611. The van der Waals surface area contributed by atoms with Gasteiger partial charge in [0, 0.05) is 6.54 Å². The Kier molecular flexibility index (Phi) is 5.42. The molecule has 1 aromatic heterocycles. The van der Waals surface area contributed by atoms with E-state index in [-0.39, 0.29) is 18.0 Å². The van der Waals surface area contributed by atoms with Crippen LogP contribution in [0.2, 0.25) is 0 Å². The van der Waals surface area contributed by atoms with Crippen molar-refractivity contribution in [3.05, 3.63) is 71.2 Å². The summed E-state index contributed by atoms with van der Waals surface area (Å²) in [5, 5.41) is 3.79. The predicted molar refractivity (Wildman–Crippen MR) is 95.8 cm³/mol. The van der Waals surface area contributed by atoms with Gasteiger partial charge in [-0.2, -0.15) is 4.31 Å². The van der Waals surface area contributed by atoms with E-state index in [1.807, 2.05) is 30.3 Å². The van der Waals surface area contributed by atoms with Gasteiger partial charge in [-0.1, -0.05) is 34.8 Å². The Hall–Kier alpha value is -2.29. The third-order valence-electron chi connectivity index (χ3n) is 3.64. The van der Waals surface area contributed by atoms with Gasteiger partial charge in [-0.05, 0) is 41.4 Å². The van der Waals surface area contributed by atoms with Crippen LogP contribution in [0.25, 0.3) is 0 Å². The number of ether oxygens (including phenoxy) is 1. The third-order valence-corrected chi connectivity index (χ3v) is 6.09. The van der Waals surface area contributed by atoms with Gasteiger partial charge in [-0.3, -0.25) is 0 Å². The molecule has 1 heterocycles. The molecule has 0 amide bonds. The molecule has 6 nitrogen and oxygen atoms in total. The van der Waals surface area contributed by atoms with Crippen molar-refractivity contribution in [2.45, 2.75) is 18.0 Å². The maximum atomic E-state index is 13.1. The van der Waals surface area contributed by atoms with E-state index in [0.717, 1.165) is 10.4 Å². The van der Waals surface area contributed by atoms with Crippen LogP contribution in [0.4, 0.5) is 0 Å². The van der Waals surface area contributed by atoms with E-state index in [1.54, 1.807) is 37.6 Å². The zero-order valence-electron chi connectivity index (χ0n) is 13.6. The normalized spacial score (nSPS) is 11.6. The van der Waals surface area contributed by atoms with E-state index >= 15 is 0 Å². The highest BCUT2D eigenvalue weighted by atomic mass is 32.2. The number of hydrogen-bond donors (Lipinski definition) is 0. The predicted octanol–water partition coefficient (Wildman–Crippen LogP) is 2.94. The summed E-state index contributed by atoms with van der Waals surface area (Å²) in [6.07, 6.45) is 1.59. The molecule has 3 aromatic rings. The van der Waals surface area contributed by atoms with Crippen molar-refractivity contribution in [1.82, 2.24) is 13.9 Å². The van der Waals surface area contributed by atoms with Gasteiger partial charge >= 0.3 is 0 Å². The number of hydrogen-bond acceptors (Lipinski definition) is 6. The monoisotopic (exact) mass is 375 g/mol. The van der Waals surface area contributed by atoms with Crippen LogP contribution in [-0.2, 0) is 23.1 Å². The molecule has 0 unspecified atom stereocenters. The van der Waals surface area contributed by atoms with Crippen LogP contribution < -0.4 is 4.74 Å². The molecular formula is C17H17N3O3S2. The minimum Gasteiger partial charge on any atom is -0.497 e. The Labute approximate surface area is 150 Å². The molecule has 0 saturated heterocycles. The van der Waals surface area contributed by atoms with Crippen LogP contribution in [0, 0.1) is 0 Å². The zero-order chi connectivity index (χ0) is 17.7. The maximum Gasteiger partial charge on any atom is 0.243 e.